The monoisotopic (exact) mass is 488 g/mol. The molecule has 2 aromatic heterocycles. The smallest absolute Gasteiger partial charge is 0.146 e. The SMILES string of the molecule is C[C@@H](OC1CCC2NNC(c3cnc(N4CC(O)C4)c(C#N)c3)C2C1)c1c(Cl)cncc1Cl. The lowest BCUT2D eigenvalue weighted by molar-refractivity contribution is -0.0370. The minimum atomic E-state index is -0.349. The van der Waals surface area contributed by atoms with Gasteiger partial charge >= 0.3 is 0 Å². The van der Waals surface area contributed by atoms with E-state index in [4.69, 9.17) is 27.9 Å². The molecule has 10 heteroatoms. The van der Waals surface area contributed by atoms with E-state index in [2.05, 4.69) is 26.9 Å². The van der Waals surface area contributed by atoms with Crippen LogP contribution in [0.1, 0.15) is 55.0 Å². The number of ether oxygens (including phenoxy) is 1. The molecule has 0 bridgehead atoms. The zero-order chi connectivity index (χ0) is 23.1. The van der Waals surface area contributed by atoms with Gasteiger partial charge in [-0.1, -0.05) is 23.2 Å². The van der Waals surface area contributed by atoms with Gasteiger partial charge in [0.2, 0.25) is 0 Å². The molecule has 3 fully saturated rings. The van der Waals surface area contributed by atoms with Gasteiger partial charge in [0.05, 0.1) is 40.0 Å². The maximum Gasteiger partial charge on any atom is 0.146 e. The van der Waals surface area contributed by atoms with E-state index in [9.17, 15) is 10.4 Å². The molecule has 3 aliphatic rings. The predicted octanol–water partition coefficient (Wildman–Crippen LogP) is 3.30. The Morgan fingerprint density at radius 3 is 2.67 bits per heavy atom. The number of pyridine rings is 2. The number of β-amino-alcohol motifs (C(OH)–C–C–N with tert-alkyl or cyclic N) is 1. The molecule has 5 atom stereocenters. The molecule has 5 rings (SSSR count). The molecule has 1 saturated carbocycles. The minimum absolute atomic E-state index is 0.0282. The van der Waals surface area contributed by atoms with E-state index < -0.39 is 0 Å². The summed E-state index contributed by atoms with van der Waals surface area (Å²) in [6.45, 7) is 2.99. The van der Waals surface area contributed by atoms with Crippen molar-refractivity contribution in [2.24, 2.45) is 5.92 Å². The summed E-state index contributed by atoms with van der Waals surface area (Å²) in [5.41, 5.74) is 9.11. The highest BCUT2D eigenvalue weighted by molar-refractivity contribution is 6.35. The van der Waals surface area contributed by atoms with Gasteiger partial charge < -0.3 is 14.7 Å². The first kappa shape index (κ1) is 22.8. The molecule has 0 radical (unpaired) electrons. The third kappa shape index (κ3) is 4.42. The van der Waals surface area contributed by atoms with Crippen molar-refractivity contribution in [3.63, 3.8) is 0 Å². The highest BCUT2D eigenvalue weighted by Gasteiger charge is 2.42. The number of rotatable bonds is 5. The molecule has 8 nitrogen and oxygen atoms in total. The average Bonchev–Trinajstić information content (AvgIpc) is 3.20. The van der Waals surface area contributed by atoms with E-state index in [0.29, 0.717) is 46.5 Å². The second-order valence-corrected chi connectivity index (χ2v) is 9.89. The van der Waals surface area contributed by atoms with Crippen LogP contribution in [0.4, 0.5) is 5.82 Å². The standard InChI is InChI=1S/C23H26Cl2N6O2/c1-12(21-18(24)8-27-9-19(21)25)33-16-2-3-20-17(5-16)22(30-29-20)14-4-13(6-26)23(28-7-14)31-10-15(32)11-31/h4,7-9,12,15-17,20,22,29-30,32H,2-3,5,10-11H2,1H3/t12-,16?,17?,20?,22?/m1/s1. The van der Waals surface area contributed by atoms with Crippen LogP contribution in [0.25, 0.3) is 0 Å². The van der Waals surface area contributed by atoms with Crippen LogP contribution in [0, 0.1) is 17.2 Å². The lowest BCUT2D eigenvalue weighted by Gasteiger charge is -2.37. The third-order valence-corrected chi connectivity index (χ3v) is 7.53. The summed E-state index contributed by atoms with van der Waals surface area (Å²) in [5, 5.41) is 20.3. The Balaban J connectivity index is 1.30. The van der Waals surface area contributed by atoms with Crippen molar-refractivity contribution in [1.29, 1.82) is 5.26 Å². The molecule has 4 heterocycles. The molecule has 1 aliphatic carbocycles. The van der Waals surface area contributed by atoms with Gasteiger partial charge in [0, 0.05) is 43.3 Å². The Labute approximate surface area is 202 Å². The number of hydrogen-bond donors (Lipinski definition) is 3. The number of fused-ring (bicyclic) bond motifs is 1. The van der Waals surface area contributed by atoms with E-state index in [-0.39, 0.29) is 24.4 Å². The number of halogens is 2. The molecule has 3 N–H and O–H groups in total. The summed E-state index contributed by atoms with van der Waals surface area (Å²) in [7, 11) is 0. The molecular weight excluding hydrogens is 463 g/mol. The van der Waals surface area contributed by atoms with E-state index in [1.54, 1.807) is 12.4 Å². The summed E-state index contributed by atoms with van der Waals surface area (Å²) in [6.07, 6.45) is 7.27. The van der Waals surface area contributed by atoms with Crippen LogP contribution in [0.5, 0.6) is 0 Å². The van der Waals surface area contributed by atoms with Crippen LogP contribution in [-0.4, -0.2) is 46.4 Å². The summed E-state index contributed by atoms with van der Waals surface area (Å²) in [4.78, 5) is 10.5. The van der Waals surface area contributed by atoms with Gasteiger partial charge in [0.25, 0.3) is 0 Å². The number of anilines is 1. The van der Waals surface area contributed by atoms with E-state index in [0.717, 1.165) is 30.4 Å². The summed E-state index contributed by atoms with van der Waals surface area (Å²) in [5.74, 6) is 0.934. The van der Waals surface area contributed by atoms with Crippen molar-refractivity contribution in [1.82, 2.24) is 20.8 Å². The molecule has 33 heavy (non-hydrogen) atoms. The second-order valence-electron chi connectivity index (χ2n) is 9.08. The Hall–Kier alpha value is -1.99. The Kier molecular flexibility index (Phi) is 6.45. The summed E-state index contributed by atoms with van der Waals surface area (Å²) >= 11 is 12.6. The number of aliphatic hydroxyl groups excluding tert-OH is 1. The van der Waals surface area contributed by atoms with Gasteiger partial charge in [0.15, 0.2) is 0 Å². The highest BCUT2D eigenvalue weighted by Crippen LogP contribution is 2.41. The van der Waals surface area contributed by atoms with Gasteiger partial charge in [-0.3, -0.25) is 10.4 Å². The van der Waals surface area contributed by atoms with Gasteiger partial charge in [-0.15, -0.1) is 0 Å². The van der Waals surface area contributed by atoms with E-state index in [1.165, 1.54) is 0 Å². The number of nitriles is 1. The number of nitrogens with one attached hydrogen (secondary N) is 2. The second kappa shape index (κ2) is 9.34. The number of hydrazine groups is 1. The van der Waals surface area contributed by atoms with Crippen molar-refractivity contribution in [2.75, 3.05) is 18.0 Å². The molecule has 0 amide bonds. The lowest BCUT2D eigenvalue weighted by atomic mass is 9.78. The zero-order valence-electron chi connectivity index (χ0n) is 18.2. The van der Waals surface area contributed by atoms with Gasteiger partial charge in [-0.05, 0) is 43.7 Å². The molecule has 0 spiro atoms. The fraction of sp³-hybridized carbons (Fsp3) is 0.522. The highest BCUT2D eigenvalue weighted by atomic mass is 35.5. The van der Waals surface area contributed by atoms with Gasteiger partial charge in [0.1, 0.15) is 11.9 Å². The molecule has 174 valence electrons. The molecule has 2 saturated heterocycles. The van der Waals surface area contributed by atoms with Crippen molar-refractivity contribution < 1.29 is 9.84 Å². The van der Waals surface area contributed by atoms with Crippen LogP contribution in [-0.2, 0) is 4.74 Å². The minimum Gasteiger partial charge on any atom is -0.389 e. The Bertz CT molecular complexity index is 1050. The lowest BCUT2D eigenvalue weighted by Crippen LogP contribution is -2.51. The van der Waals surface area contributed by atoms with Crippen LogP contribution in [0.2, 0.25) is 10.0 Å². The summed E-state index contributed by atoms with van der Waals surface area (Å²) < 4.78 is 6.41. The zero-order valence-corrected chi connectivity index (χ0v) is 19.7. The number of aromatic nitrogens is 2. The molecule has 2 aliphatic heterocycles. The van der Waals surface area contributed by atoms with Crippen LogP contribution < -0.4 is 15.8 Å². The summed E-state index contributed by atoms with van der Waals surface area (Å²) in [6, 6.07) is 4.54. The van der Waals surface area contributed by atoms with Crippen LogP contribution >= 0.6 is 23.2 Å². The van der Waals surface area contributed by atoms with Crippen molar-refractivity contribution in [3.8, 4) is 6.07 Å². The Morgan fingerprint density at radius 2 is 1.97 bits per heavy atom. The Morgan fingerprint density at radius 1 is 1.21 bits per heavy atom. The average molecular weight is 489 g/mol. The first-order valence-corrected chi connectivity index (χ1v) is 12.0. The van der Waals surface area contributed by atoms with Crippen LogP contribution in [0.15, 0.2) is 24.7 Å². The molecule has 4 unspecified atom stereocenters. The normalized spacial score (nSPS) is 28.2. The number of hydrogen-bond acceptors (Lipinski definition) is 8. The van der Waals surface area contributed by atoms with E-state index >= 15 is 0 Å². The fourth-order valence-electron chi connectivity index (χ4n) is 5.24. The molecule has 2 aromatic rings. The topological polar surface area (TPSA) is 106 Å². The van der Waals surface area contributed by atoms with E-state index in [1.807, 2.05) is 24.1 Å². The maximum atomic E-state index is 9.69. The van der Waals surface area contributed by atoms with Crippen molar-refractivity contribution in [3.05, 3.63) is 51.4 Å². The number of aliphatic hydroxyl groups is 1. The van der Waals surface area contributed by atoms with Crippen molar-refractivity contribution >= 4 is 29.0 Å². The predicted molar refractivity (Wildman–Crippen MR) is 125 cm³/mol. The maximum absolute atomic E-state index is 9.69. The first-order valence-electron chi connectivity index (χ1n) is 11.2. The fourth-order valence-corrected chi connectivity index (χ4v) is 5.92. The van der Waals surface area contributed by atoms with Gasteiger partial charge in [-0.25, -0.2) is 10.4 Å². The van der Waals surface area contributed by atoms with Crippen LogP contribution in [0.3, 0.4) is 0 Å². The first-order chi connectivity index (χ1) is 15.9. The molecular formula is C23H26Cl2N6O2. The quantitative estimate of drug-likeness (QED) is 0.588. The largest absolute Gasteiger partial charge is 0.389 e. The third-order valence-electron chi connectivity index (χ3n) is 6.93. The van der Waals surface area contributed by atoms with Gasteiger partial charge in [-0.2, -0.15) is 5.26 Å². The van der Waals surface area contributed by atoms with Crippen molar-refractivity contribution in [2.45, 2.75) is 56.6 Å². The molecule has 0 aromatic carbocycles. The number of nitrogens with zero attached hydrogens (tertiary/aromatic N) is 4.